The van der Waals surface area contributed by atoms with Crippen LogP contribution in [0.3, 0.4) is 0 Å². The van der Waals surface area contributed by atoms with Crippen molar-refractivity contribution in [2.45, 2.75) is 9.10 Å². The molecule has 1 aromatic heterocycles. The lowest BCUT2D eigenvalue weighted by atomic mass is 10.1. The maximum absolute atomic E-state index is 13.0. The van der Waals surface area contributed by atoms with E-state index in [2.05, 4.69) is 5.32 Å². The smallest absolute Gasteiger partial charge is 0.270 e. The molecule has 29 heavy (non-hydrogen) atoms. The molecule has 144 valence electrons. The molecule has 2 amide bonds. The Morgan fingerprint density at radius 3 is 2.45 bits per heavy atom. The van der Waals surface area contributed by atoms with Gasteiger partial charge in [-0.2, -0.15) is 0 Å². The van der Waals surface area contributed by atoms with Crippen molar-refractivity contribution in [3.63, 3.8) is 0 Å². The van der Waals surface area contributed by atoms with Gasteiger partial charge < -0.3 is 0 Å². The van der Waals surface area contributed by atoms with Crippen LogP contribution in [0.5, 0.6) is 0 Å². The van der Waals surface area contributed by atoms with E-state index in [9.17, 15) is 9.59 Å². The highest BCUT2D eigenvalue weighted by Gasteiger charge is 2.34. The molecule has 2 aromatic carbocycles. The number of rotatable bonds is 4. The van der Waals surface area contributed by atoms with Gasteiger partial charge in [0.1, 0.15) is 5.57 Å². The fourth-order valence-corrected chi connectivity index (χ4v) is 5.17. The first-order chi connectivity index (χ1) is 14.0. The number of nitrogens with one attached hydrogen (secondary N) is 1. The summed E-state index contributed by atoms with van der Waals surface area (Å²) in [5.41, 5.74) is 0.658. The Morgan fingerprint density at radius 1 is 1.00 bits per heavy atom. The number of thiophene rings is 1. The molecule has 1 N–H and O–H groups in total. The molecule has 8 heteroatoms. The molecule has 2 heterocycles. The summed E-state index contributed by atoms with van der Waals surface area (Å²) in [5, 5.41) is 3.36. The van der Waals surface area contributed by atoms with Gasteiger partial charge in [0.2, 0.25) is 0 Å². The predicted octanol–water partition coefficient (Wildman–Crippen LogP) is 5.38. The van der Waals surface area contributed by atoms with E-state index >= 15 is 0 Å². The molecule has 0 bridgehead atoms. The van der Waals surface area contributed by atoms with E-state index in [4.69, 9.17) is 23.8 Å². The van der Waals surface area contributed by atoms with E-state index in [0.717, 1.165) is 14.0 Å². The number of thiocarbonyl (C=S) groups is 1. The molecular weight excluding hydrogens is 444 g/mol. The third kappa shape index (κ3) is 4.43. The van der Waals surface area contributed by atoms with Crippen LogP contribution in [0.15, 0.2) is 81.4 Å². The Balaban J connectivity index is 1.59. The zero-order valence-electron chi connectivity index (χ0n) is 14.8. The minimum atomic E-state index is -0.493. The number of benzene rings is 2. The second-order valence-electron chi connectivity index (χ2n) is 6.01. The van der Waals surface area contributed by atoms with Crippen LogP contribution in [0.4, 0.5) is 5.69 Å². The summed E-state index contributed by atoms with van der Waals surface area (Å²) in [6.07, 6.45) is 1.60. The fourth-order valence-electron chi connectivity index (χ4n) is 2.70. The van der Waals surface area contributed by atoms with Gasteiger partial charge in [-0.15, -0.1) is 11.3 Å². The Hall–Kier alpha value is -2.45. The highest BCUT2D eigenvalue weighted by Crippen LogP contribution is 2.35. The van der Waals surface area contributed by atoms with E-state index < -0.39 is 11.8 Å². The summed E-state index contributed by atoms with van der Waals surface area (Å²) in [7, 11) is 0. The van der Waals surface area contributed by atoms with Crippen LogP contribution in [0.25, 0.3) is 6.08 Å². The largest absolute Gasteiger partial charge is 0.298 e. The third-order valence-corrected chi connectivity index (χ3v) is 6.75. The first kappa shape index (κ1) is 19.8. The molecule has 0 aliphatic carbocycles. The van der Waals surface area contributed by atoms with E-state index in [1.54, 1.807) is 30.0 Å². The van der Waals surface area contributed by atoms with Gasteiger partial charge in [0, 0.05) is 14.8 Å². The Kier molecular flexibility index (Phi) is 5.82. The first-order valence-corrected chi connectivity index (χ1v) is 10.9. The molecule has 3 aromatic rings. The molecular formula is C21H13ClN2O2S3. The molecule has 0 radical (unpaired) electrons. The van der Waals surface area contributed by atoms with Gasteiger partial charge in [0.25, 0.3) is 11.8 Å². The lowest BCUT2D eigenvalue weighted by molar-refractivity contribution is -0.122. The molecule has 4 rings (SSSR count). The SMILES string of the molecule is O=C1NC(=S)N(c2ccccc2)C(=O)C1=Cc1ccc(Sc2ccc(Cl)cc2)s1. The number of halogens is 1. The van der Waals surface area contributed by atoms with Crippen LogP contribution in [-0.2, 0) is 9.59 Å². The predicted molar refractivity (Wildman–Crippen MR) is 123 cm³/mol. The summed E-state index contributed by atoms with van der Waals surface area (Å²) in [6, 6.07) is 20.4. The van der Waals surface area contributed by atoms with Gasteiger partial charge in [0.15, 0.2) is 5.11 Å². The third-order valence-electron chi connectivity index (χ3n) is 4.04. The number of para-hydroxylation sites is 1. The van der Waals surface area contributed by atoms with Crippen LogP contribution in [0.2, 0.25) is 5.02 Å². The second-order valence-corrected chi connectivity index (χ2v) is 9.32. The van der Waals surface area contributed by atoms with Crippen molar-refractivity contribution < 1.29 is 9.59 Å². The highest BCUT2D eigenvalue weighted by molar-refractivity contribution is 8.01. The average Bonchev–Trinajstić information content (AvgIpc) is 3.15. The van der Waals surface area contributed by atoms with Crippen molar-refractivity contribution in [3.05, 3.63) is 82.2 Å². The van der Waals surface area contributed by atoms with Gasteiger partial charge in [-0.3, -0.25) is 19.8 Å². The molecule has 0 unspecified atom stereocenters. The van der Waals surface area contributed by atoms with Crippen molar-refractivity contribution in [2.75, 3.05) is 4.90 Å². The number of carbonyl (C=O) groups excluding carboxylic acids is 2. The lowest BCUT2D eigenvalue weighted by Crippen LogP contribution is -2.54. The zero-order valence-corrected chi connectivity index (χ0v) is 18.0. The molecule has 0 spiro atoms. The van der Waals surface area contributed by atoms with Crippen LogP contribution >= 0.6 is 46.9 Å². The van der Waals surface area contributed by atoms with Gasteiger partial charge in [-0.05, 0) is 66.8 Å². The summed E-state index contributed by atoms with van der Waals surface area (Å²) in [5.74, 6) is -0.933. The molecule has 1 aliphatic rings. The van der Waals surface area contributed by atoms with Crippen molar-refractivity contribution in [3.8, 4) is 0 Å². The maximum Gasteiger partial charge on any atom is 0.270 e. The van der Waals surface area contributed by atoms with Gasteiger partial charge in [-0.1, -0.05) is 41.6 Å². The Bertz CT molecular complexity index is 1120. The average molecular weight is 457 g/mol. The summed E-state index contributed by atoms with van der Waals surface area (Å²) >= 11 is 14.2. The number of hydrogen-bond donors (Lipinski definition) is 1. The topological polar surface area (TPSA) is 49.4 Å². The molecule has 1 fully saturated rings. The van der Waals surface area contributed by atoms with Gasteiger partial charge in [0.05, 0.1) is 9.90 Å². The van der Waals surface area contributed by atoms with Gasteiger partial charge >= 0.3 is 0 Å². The number of amides is 2. The van der Waals surface area contributed by atoms with Crippen molar-refractivity contribution >= 4 is 75.6 Å². The minimum Gasteiger partial charge on any atom is -0.298 e. The second kappa shape index (κ2) is 8.51. The standard InChI is InChI=1S/C21H13ClN2O2S3/c22-13-6-8-15(9-7-13)28-18-11-10-16(29-18)12-17-19(25)23-21(27)24(20(17)26)14-4-2-1-3-5-14/h1-12H,(H,23,25,27). The molecule has 1 aliphatic heterocycles. The van der Waals surface area contributed by atoms with Gasteiger partial charge in [-0.25, -0.2) is 0 Å². The van der Waals surface area contributed by atoms with E-state index in [0.29, 0.717) is 10.7 Å². The monoisotopic (exact) mass is 456 g/mol. The van der Waals surface area contributed by atoms with Crippen molar-refractivity contribution in [1.29, 1.82) is 0 Å². The molecule has 0 saturated carbocycles. The summed E-state index contributed by atoms with van der Waals surface area (Å²) in [6.45, 7) is 0. The maximum atomic E-state index is 13.0. The fraction of sp³-hybridized carbons (Fsp3) is 0. The normalized spacial score (nSPS) is 15.7. The van der Waals surface area contributed by atoms with Crippen LogP contribution in [0.1, 0.15) is 4.88 Å². The van der Waals surface area contributed by atoms with E-state index in [1.165, 1.54) is 16.2 Å². The van der Waals surface area contributed by atoms with E-state index in [-0.39, 0.29) is 10.7 Å². The highest BCUT2D eigenvalue weighted by atomic mass is 35.5. The van der Waals surface area contributed by atoms with E-state index in [1.807, 2.05) is 54.6 Å². The lowest BCUT2D eigenvalue weighted by Gasteiger charge is -2.28. The van der Waals surface area contributed by atoms with Crippen LogP contribution < -0.4 is 10.2 Å². The Morgan fingerprint density at radius 2 is 1.72 bits per heavy atom. The van der Waals surface area contributed by atoms with Crippen LogP contribution in [-0.4, -0.2) is 16.9 Å². The number of nitrogens with zero attached hydrogens (tertiary/aromatic N) is 1. The van der Waals surface area contributed by atoms with Crippen molar-refractivity contribution in [2.24, 2.45) is 0 Å². The molecule has 4 nitrogen and oxygen atoms in total. The summed E-state index contributed by atoms with van der Waals surface area (Å²) < 4.78 is 1.04. The quantitative estimate of drug-likeness (QED) is 0.325. The summed E-state index contributed by atoms with van der Waals surface area (Å²) in [4.78, 5) is 28.6. The Labute approximate surface area is 186 Å². The molecule has 0 atom stereocenters. The molecule has 1 saturated heterocycles. The minimum absolute atomic E-state index is 0.0485. The zero-order chi connectivity index (χ0) is 20.4. The number of carbonyl (C=O) groups is 2. The first-order valence-electron chi connectivity index (χ1n) is 8.51. The van der Waals surface area contributed by atoms with Crippen molar-refractivity contribution in [1.82, 2.24) is 5.32 Å². The number of hydrogen-bond acceptors (Lipinski definition) is 5. The van der Waals surface area contributed by atoms with Crippen LogP contribution in [0, 0.1) is 0 Å². The number of anilines is 1.